The van der Waals surface area contributed by atoms with E-state index in [1.807, 2.05) is 0 Å². The van der Waals surface area contributed by atoms with Crippen molar-refractivity contribution in [2.75, 3.05) is 26.1 Å². The van der Waals surface area contributed by atoms with Gasteiger partial charge in [-0.3, -0.25) is 10.1 Å². The van der Waals surface area contributed by atoms with Crippen molar-refractivity contribution in [1.82, 2.24) is 4.98 Å². The highest BCUT2D eigenvalue weighted by atomic mass is 16.7. The summed E-state index contributed by atoms with van der Waals surface area (Å²) in [5.74, 6) is 0.217. The molecule has 0 atom stereocenters. The van der Waals surface area contributed by atoms with Gasteiger partial charge in [0.1, 0.15) is 0 Å². The van der Waals surface area contributed by atoms with Crippen LogP contribution in [0, 0.1) is 17.0 Å². The predicted octanol–water partition coefficient (Wildman–Crippen LogP) is 1.33. The molecule has 0 aromatic carbocycles. The van der Waals surface area contributed by atoms with Gasteiger partial charge in [0.15, 0.2) is 6.29 Å². The summed E-state index contributed by atoms with van der Waals surface area (Å²) in [5, 5.41) is 13.7. The monoisotopic (exact) mass is 241 g/mol. The second-order valence-corrected chi connectivity index (χ2v) is 3.36. The molecule has 0 fully saturated rings. The highest BCUT2D eigenvalue weighted by Gasteiger charge is 2.19. The van der Waals surface area contributed by atoms with Crippen molar-refractivity contribution in [1.29, 1.82) is 0 Å². The molecule has 0 amide bonds. The molecule has 94 valence electrons. The van der Waals surface area contributed by atoms with Crippen LogP contribution in [0.1, 0.15) is 5.56 Å². The Labute approximate surface area is 98.9 Å². The van der Waals surface area contributed by atoms with E-state index >= 15 is 0 Å². The molecule has 0 spiro atoms. The van der Waals surface area contributed by atoms with E-state index in [-0.39, 0.29) is 18.1 Å². The van der Waals surface area contributed by atoms with Crippen LogP contribution in [-0.2, 0) is 9.47 Å². The number of pyridine rings is 1. The number of methoxy groups -OCH3 is 2. The van der Waals surface area contributed by atoms with Gasteiger partial charge in [-0.25, -0.2) is 4.98 Å². The van der Waals surface area contributed by atoms with Crippen LogP contribution in [0.15, 0.2) is 12.3 Å². The number of nitrogens with one attached hydrogen (secondary N) is 1. The normalized spacial score (nSPS) is 10.6. The lowest BCUT2D eigenvalue weighted by Gasteiger charge is -2.14. The van der Waals surface area contributed by atoms with Crippen molar-refractivity contribution in [3.05, 3.63) is 27.9 Å². The summed E-state index contributed by atoms with van der Waals surface area (Å²) in [4.78, 5) is 14.4. The molecule has 0 unspecified atom stereocenters. The topological polar surface area (TPSA) is 86.5 Å². The molecular weight excluding hydrogens is 226 g/mol. The second kappa shape index (κ2) is 6.12. The third-order valence-electron chi connectivity index (χ3n) is 2.27. The molecular formula is C10H15N3O4. The van der Waals surface area contributed by atoms with E-state index in [4.69, 9.17) is 9.47 Å². The fourth-order valence-electron chi connectivity index (χ4n) is 1.35. The molecule has 0 aliphatic carbocycles. The van der Waals surface area contributed by atoms with Crippen LogP contribution >= 0.6 is 0 Å². The maximum Gasteiger partial charge on any atom is 0.314 e. The zero-order valence-electron chi connectivity index (χ0n) is 9.97. The second-order valence-electron chi connectivity index (χ2n) is 3.36. The number of nitrogens with zero attached hydrogens (tertiary/aromatic N) is 2. The molecule has 0 radical (unpaired) electrons. The van der Waals surface area contributed by atoms with Crippen LogP contribution in [0.4, 0.5) is 11.5 Å². The molecule has 1 N–H and O–H groups in total. The van der Waals surface area contributed by atoms with Gasteiger partial charge >= 0.3 is 5.69 Å². The highest BCUT2D eigenvalue weighted by molar-refractivity contribution is 5.59. The Hall–Kier alpha value is -1.73. The predicted molar refractivity (Wildman–Crippen MR) is 61.9 cm³/mol. The number of rotatable bonds is 6. The molecule has 1 aromatic heterocycles. The van der Waals surface area contributed by atoms with Gasteiger partial charge in [-0.2, -0.15) is 0 Å². The lowest BCUT2D eigenvalue weighted by molar-refractivity contribution is -0.384. The number of nitro groups is 1. The van der Waals surface area contributed by atoms with Crippen molar-refractivity contribution < 1.29 is 14.4 Å². The lowest BCUT2D eigenvalue weighted by atomic mass is 10.2. The number of anilines is 1. The molecule has 0 saturated carbocycles. The fraction of sp³-hybridized carbons (Fsp3) is 0.500. The molecule has 1 rings (SSSR count). The van der Waals surface area contributed by atoms with Gasteiger partial charge in [0.25, 0.3) is 0 Å². The summed E-state index contributed by atoms with van der Waals surface area (Å²) >= 11 is 0. The molecule has 0 bridgehead atoms. The smallest absolute Gasteiger partial charge is 0.314 e. The SMILES string of the molecule is COC(CNc1nccc(C)c1[N+](=O)[O-])OC. The van der Waals surface area contributed by atoms with Gasteiger partial charge in [0, 0.05) is 26.0 Å². The maximum absolute atomic E-state index is 10.9. The third-order valence-corrected chi connectivity index (χ3v) is 2.27. The van der Waals surface area contributed by atoms with Gasteiger partial charge in [-0.05, 0) is 13.0 Å². The van der Waals surface area contributed by atoms with Crippen molar-refractivity contribution >= 4 is 11.5 Å². The molecule has 0 aliphatic rings. The van der Waals surface area contributed by atoms with Crippen LogP contribution in [0.2, 0.25) is 0 Å². The first-order valence-corrected chi connectivity index (χ1v) is 4.99. The van der Waals surface area contributed by atoms with E-state index in [1.165, 1.54) is 20.4 Å². The standard InChI is InChI=1S/C10H15N3O4/c1-7-4-5-11-10(9(7)13(14)15)12-6-8(16-2)17-3/h4-5,8H,6H2,1-3H3,(H,11,12). The van der Waals surface area contributed by atoms with Crippen LogP contribution in [0.5, 0.6) is 0 Å². The Morgan fingerprint density at radius 3 is 2.71 bits per heavy atom. The van der Waals surface area contributed by atoms with Crippen molar-refractivity contribution in [2.24, 2.45) is 0 Å². The molecule has 0 saturated heterocycles. The summed E-state index contributed by atoms with van der Waals surface area (Å²) in [6, 6.07) is 1.59. The van der Waals surface area contributed by atoms with E-state index < -0.39 is 11.2 Å². The Kier molecular flexibility index (Phi) is 4.80. The van der Waals surface area contributed by atoms with Crippen LogP contribution < -0.4 is 5.32 Å². The van der Waals surface area contributed by atoms with E-state index in [0.29, 0.717) is 5.56 Å². The largest absolute Gasteiger partial charge is 0.359 e. The quantitative estimate of drug-likeness (QED) is 0.459. The van der Waals surface area contributed by atoms with Crippen molar-refractivity contribution in [2.45, 2.75) is 13.2 Å². The summed E-state index contributed by atoms with van der Waals surface area (Å²) in [7, 11) is 2.99. The summed E-state index contributed by atoms with van der Waals surface area (Å²) in [6.45, 7) is 1.94. The van der Waals surface area contributed by atoms with Gasteiger partial charge in [-0.15, -0.1) is 0 Å². The first-order valence-electron chi connectivity index (χ1n) is 4.99. The van der Waals surface area contributed by atoms with E-state index in [1.54, 1.807) is 13.0 Å². The number of aromatic nitrogens is 1. The Morgan fingerprint density at radius 1 is 1.53 bits per heavy atom. The molecule has 1 heterocycles. The number of ether oxygens (including phenoxy) is 2. The lowest BCUT2D eigenvalue weighted by Crippen LogP contribution is -2.24. The number of hydrogen-bond acceptors (Lipinski definition) is 6. The van der Waals surface area contributed by atoms with Crippen LogP contribution in [0.25, 0.3) is 0 Å². The molecule has 0 aliphatic heterocycles. The number of hydrogen-bond donors (Lipinski definition) is 1. The highest BCUT2D eigenvalue weighted by Crippen LogP contribution is 2.25. The average Bonchev–Trinajstić information content (AvgIpc) is 2.29. The Morgan fingerprint density at radius 2 is 2.18 bits per heavy atom. The summed E-state index contributed by atoms with van der Waals surface area (Å²) in [5.41, 5.74) is 0.525. The minimum atomic E-state index is -0.475. The maximum atomic E-state index is 10.9. The third kappa shape index (κ3) is 3.36. The zero-order chi connectivity index (χ0) is 12.8. The van der Waals surface area contributed by atoms with Gasteiger partial charge in [-0.1, -0.05) is 0 Å². The van der Waals surface area contributed by atoms with Crippen molar-refractivity contribution in [3.63, 3.8) is 0 Å². The fourth-order valence-corrected chi connectivity index (χ4v) is 1.35. The van der Waals surface area contributed by atoms with Gasteiger partial charge in [0.05, 0.1) is 11.5 Å². The minimum Gasteiger partial charge on any atom is -0.359 e. The Balaban J connectivity index is 2.84. The Bertz CT molecular complexity index is 393. The molecule has 17 heavy (non-hydrogen) atoms. The summed E-state index contributed by atoms with van der Waals surface area (Å²) < 4.78 is 9.94. The molecule has 7 heteroatoms. The van der Waals surface area contributed by atoms with E-state index in [9.17, 15) is 10.1 Å². The number of aryl methyl sites for hydroxylation is 1. The molecule has 1 aromatic rings. The van der Waals surface area contributed by atoms with E-state index in [2.05, 4.69) is 10.3 Å². The van der Waals surface area contributed by atoms with Crippen LogP contribution in [-0.4, -0.2) is 37.0 Å². The first kappa shape index (κ1) is 13.3. The average molecular weight is 241 g/mol. The van der Waals surface area contributed by atoms with Gasteiger partial charge in [0.2, 0.25) is 5.82 Å². The first-order chi connectivity index (χ1) is 8.10. The van der Waals surface area contributed by atoms with E-state index in [0.717, 1.165) is 0 Å². The van der Waals surface area contributed by atoms with Crippen LogP contribution in [0.3, 0.4) is 0 Å². The minimum absolute atomic E-state index is 0.0292. The molecule has 7 nitrogen and oxygen atoms in total. The zero-order valence-corrected chi connectivity index (χ0v) is 9.97. The summed E-state index contributed by atoms with van der Waals surface area (Å²) in [6.07, 6.45) is 1.04. The van der Waals surface area contributed by atoms with Crippen molar-refractivity contribution in [3.8, 4) is 0 Å². The van der Waals surface area contributed by atoms with Gasteiger partial charge < -0.3 is 14.8 Å².